The predicted molar refractivity (Wildman–Crippen MR) is 244 cm³/mol. The minimum Gasteiger partial charge on any atom is -0.462 e. The van der Waals surface area contributed by atoms with Crippen LogP contribution in [0.15, 0.2) is 85.1 Å². The highest BCUT2D eigenvalue weighted by molar-refractivity contribution is 7.47. The average Bonchev–Trinajstić information content (AvgIpc) is 3.18. The fourth-order valence-corrected chi connectivity index (χ4v) is 6.21. The maximum Gasteiger partial charge on any atom is 0.472 e. The molecule has 0 aromatic carbocycles. The molecule has 10 nitrogen and oxygen atoms in total. The highest BCUT2D eigenvalue weighted by Crippen LogP contribution is 2.43. The molecule has 0 aliphatic rings. The smallest absolute Gasteiger partial charge is 0.462 e. The molecule has 0 fully saturated rings. The molecule has 2 N–H and O–H groups in total. The zero-order valence-corrected chi connectivity index (χ0v) is 38.5. The lowest BCUT2D eigenvalue weighted by Crippen LogP contribution is -2.37. The number of esters is 2. The van der Waals surface area contributed by atoms with Crippen molar-refractivity contribution in [3.63, 3.8) is 0 Å². The summed E-state index contributed by atoms with van der Waals surface area (Å²) >= 11 is 0. The lowest BCUT2D eigenvalue weighted by Gasteiger charge is -2.24. The summed E-state index contributed by atoms with van der Waals surface area (Å²) in [6.07, 6.45) is 46.5. The number of phosphoric acid groups is 1. The van der Waals surface area contributed by atoms with Crippen LogP contribution in [0.3, 0.4) is 0 Å². The van der Waals surface area contributed by atoms with Crippen molar-refractivity contribution in [1.29, 1.82) is 0 Å². The molecular formula is C48H83NO9P+. The van der Waals surface area contributed by atoms with Crippen LogP contribution in [0, 0.1) is 0 Å². The summed E-state index contributed by atoms with van der Waals surface area (Å²) in [5.41, 5.74) is 0. The van der Waals surface area contributed by atoms with Crippen LogP contribution >= 0.6 is 7.82 Å². The van der Waals surface area contributed by atoms with Gasteiger partial charge >= 0.3 is 19.8 Å². The quantitative estimate of drug-likeness (QED) is 0.0155. The van der Waals surface area contributed by atoms with Gasteiger partial charge in [-0.1, -0.05) is 144 Å². The van der Waals surface area contributed by atoms with Crippen molar-refractivity contribution in [3.8, 4) is 0 Å². The first kappa shape index (κ1) is 56.1. The van der Waals surface area contributed by atoms with E-state index in [9.17, 15) is 24.2 Å². The number of unbranched alkanes of at least 4 members (excludes halogenated alkanes) is 10. The fourth-order valence-electron chi connectivity index (χ4n) is 5.47. The molecule has 0 rings (SSSR count). The maximum atomic E-state index is 12.7. The zero-order valence-electron chi connectivity index (χ0n) is 37.6. The highest BCUT2D eigenvalue weighted by atomic mass is 31.2. The van der Waals surface area contributed by atoms with Crippen LogP contribution in [0.4, 0.5) is 0 Å². The molecule has 0 radical (unpaired) electrons. The van der Waals surface area contributed by atoms with E-state index in [4.69, 9.17) is 18.5 Å². The van der Waals surface area contributed by atoms with Crippen molar-refractivity contribution in [2.24, 2.45) is 0 Å². The molecule has 0 spiro atoms. The van der Waals surface area contributed by atoms with Gasteiger partial charge in [0.25, 0.3) is 0 Å². The van der Waals surface area contributed by atoms with Gasteiger partial charge in [0.05, 0.1) is 33.9 Å². The standard InChI is InChI=1S/C48H82NO9P/c1-6-8-10-12-14-15-16-17-18-19-20-21-22-23-24-25-27-31-36-40-48(52)58-46(44-57-59(53,54)56-42-41-49(3,4)5)43-55-47(51)39-35-32-28-30-34-38-45(50)37-33-29-26-13-11-9-7-2/h9,11,14-15,17-18,20-21,23-24,26,29,33,37,45-46,50H,6-8,10,12-13,16,19,22,25,27-28,30-32,34-36,38-44H2,1-5H3/p+1/b11-9+,15-14-,18-17-,21-20-,24-23-,29-26+,37-33+/t45?,46-/m1/s1. The third-order valence-corrected chi connectivity index (χ3v) is 10.00. The van der Waals surface area contributed by atoms with Crippen LogP contribution < -0.4 is 0 Å². The summed E-state index contributed by atoms with van der Waals surface area (Å²) in [7, 11) is 1.38. The second-order valence-corrected chi connectivity index (χ2v) is 17.3. The molecule has 0 saturated carbocycles. The van der Waals surface area contributed by atoms with Gasteiger partial charge in [-0.2, -0.15) is 0 Å². The molecule has 338 valence electrons. The molecule has 0 heterocycles. The van der Waals surface area contributed by atoms with Crippen LogP contribution in [0.25, 0.3) is 0 Å². The Kier molecular flexibility index (Phi) is 37.4. The zero-order chi connectivity index (χ0) is 43.7. The van der Waals surface area contributed by atoms with Crippen LogP contribution in [-0.2, 0) is 32.7 Å². The number of rotatable bonds is 39. The van der Waals surface area contributed by atoms with E-state index < -0.39 is 38.6 Å². The number of phosphoric ester groups is 1. The Morgan fingerprint density at radius 3 is 1.80 bits per heavy atom. The van der Waals surface area contributed by atoms with Crippen LogP contribution in [-0.4, -0.2) is 86.1 Å². The normalized spacial score (nSPS) is 14.9. The molecule has 2 unspecified atom stereocenters. The first-order chi connectivity index (χ1) is 28.4. The van der Waals surface area contributed by atoms with E-state index in [1.165, 1.54) is 25.7 Å². The Morgan fingerprint density at radius 1 is 0.627 bits per heavy atom. The lowest BCUT2D eigenvalue weighted by molar-refractivity contribution is -0.870. The van der Waals surface area contributed by atoms with Crippen molar-refractivity contribution in [1.82, 2.24) is 0 Å². The van der Waals surface area contributed by atoms with Gasteiger partial charge in [-0.25, -0.2) is 4.57 Å². The van der Waals surface area contributed by atoms with Crippen LogP contribution in [0.2, 0.25) is 0 Å². The maximum absolute atomic E-state index is 12.7. The van der Waals surface area contributed by atoms with E-state index in [1.807, 2.05) is 33.3 Å². The molecular weight excluding hydrogens is 765 g/mol. The number of carbonyl (C=O) groups is 2. The second-order valence-electron chi connectivity index (χ2n) is 15.9. The number of aliphatic hydroxyl groups is 1. The number of quaternary nitrogens is 1. The Balaban J connectivity index is 4.52. The predicted octanol–water partition coefficient (Wildman–Crippen LogP) is 11.8. The summed E-state index contributed by atoms with van der Waals surface area (Å²) in [4.78, 5) is 35.4. The molecule has 11 heteroatoms. The van der Waals surface area contributed by atoms with Crippen molar-refractivity contribution in [3.05, 3.63) is 85.1 Å². The summed E-state index contributed by atoms with van der Waals surface area (Å²) in [6.45, 7) is 4.09. The molecule has 0 amide bonds. The largest absolute Gasteiger partial charge is 0.472 e. The van der Waals surface area contributed by atoms with E-state index in [2.05, 4.69) is 80.7 Å². The fraction of sp³-hybridized carbons (Fsp3) is 0.667. The first-order valence-electron chi connectivity index (χ1n) is 22.4. The van der Waals surface area contributed by atoms with Gasteiger partial charge in [0.1, 0.15) is 19.8 Å². The van der Waals surface area contributed by atoms with Gasteiger partial charge in [0, 0.05) is 12.8 Å². The third-order valence-electron chi connectivity index (χ3n) is 9.01. The number of hydrogen-bond donors (Lipinski definition) is 2. The molecule has 0 bridgehead atoms. The molecule has 0 saturated heterocycles. The topological polar surface area (TPSA) is 129 Å². The van der Waals surface area contributed by atoms with E-state index in [0.29, 0.717) is 30.3 Å². The molecule has 3 atom stereocenters. The van der Waals surface area contributed by atoms with Crippen LogP contribution in [0.5, 0.6) is 0 Å². The van der Waals surface area contributed by atoms with Gasteiger partial charge in [0.15, 0.2) is 6.10 Å². The van der Waals surface area contributed by atoms with Crippen molar-refractivity contribution < 1.29 is 47.2 Å². The first-order valence-corrected chi connectivity index (χ1v) is 23.9. The summed E-state index contributed by atoms with van der Waals surface area (Å²) in [5.74, 6) is -0.920. The van der Waals surface area contributed by atoms with Gasteiger partial charge in [-0.15, -0.1) is 0 Å². The summed E-state index contributed by atoms with van der Waals surface area (Å²) in [6, 6.07) is 0. The number of ether oxygens (including phenoxy) is 2. The Morgan fingerprint density at radius 2 is 1.17 bits per heavy atom. The lowest BCUT2D eigenvalue weighted by atomic mass is 10.1. The average molecular weight is 849 g/mol. The number of aliphatic hydroxyl groups excluding tert-OH is 1. The molecule has 0 aromatic rings. The number of likely N-dealkylation sites (N-methyl/N-ethyl adjacent to an activating group) is 1. The van der Waals surface area contributed by atoms with E-state index in [1.54, 1.807) is 6.08 Å². The molecule has 0 aliphatic carbocycles. The number of allylic oxidation sites excluding steroid dienone is 13. The minimum atomic E-state index is -4.41. The van der Waals surface area contributed by atoms with E-state index in [0.717, 1.165) is 77.0 Å². The summed E-state index contributed by atoms with van der Waals surface area (Å²) < 4.78 is 34.2. The third kappa shape index (κ3) is 43.1. The molecule has 0 aliphatic heterocycles. The molecule has 59 heavy (non-hydrogen) atoms. The minimum absolute atomic E-state index is 0.00440. The Labute approximate surface area is 359 Å². The highest BCUT2D eigenvalue weighted by Gasteiger charge is 2.27. The number of hydrogen-bond acceptors (Lipinski definition) is 8. The second kappa shape index (κ2) is 39.3. The van der Waals surface area contributed by atoms with Gasteiger partial charge in [-0.3, -0.25) is 18.6 Å². The molecule has 0 aromatic heterocycles. The van der Waals surface area contributed by atoms with E-state index >= 15 is 0 Å². The summed E-state index contributed by atoms with van der Waals surface area (Å²) in [5, 5.41) is 10.1. The number of carbonyl (C=O) groups excluding carboxylic acids is 2. The SMILES string of the molecule is CC/C=C/C/C=C/C=C/C(O)CCCCCCCC(=O)OC[C@H](COP(=O)(O)OCC[N+](C)(C)C)OC(=O)CCCCC/C=C\C/C=C\C/C=C\C/C=C\CCCCC. The monoisotopic (exact) mass is 849 g/mol. The number of nitrogens with zero attached hydrogens (tertiary/aromatic N) is 1. The van der Waals surface area contributed by atoms with Gasteiger partial charge in [-0.05, 0) is 77.0 Å². The van der Waals surface area contributed by atoms with Crippen molar-refractivity contribution in [2.45, 2.75) is 161 Å². The van der Waals surface area contributed by atoms with Gasteiger partial charge in [0.2, 0.25) is 0 Å². The van der Waals surface area contributed by atoms with Crippen molar-refractivity contribution >= 4 is 19.8 Å². The van der Waals surface area contributed by atoms with E-state index in [-0.39, 0.29) is 26.1 Å². The van der Waals surface area contributed by atoms with Crippen LogP contribution in [0.1, 0.15) is 149 Å². The Hall–Kier alpha value is -2.85. The van der Waals surface area contributed by atoms with Crippen molar-refractivity contribution in [2.75, 3.05) is 47.5 Å². The van der Waals surface area contributed by atoms with Gasteiger partial charge < -0.3 is 24.0 Å². The Bertz CT molecular complexity index is 1300.